The van der Waals surface area contributed by atoms with Crippen LogP contribution in [0.25, 0.3) is 16.6 Å². The van der Waals surface area contributed by atoms with Crippen molar-refractivity contribution in [2.75, 3.05) is 18.2 Å². The van der Waals surface area contributed by atoms with Gasteiger partial charge < -0.3 is 10.1 Å². The van der Waals surface area contributed by atoms with Crippen LogP contribution in [0.3, 0.4) is 0 Å². The van der Waals surface area contributed by atoms with Gasteiger partial charge in [-0.1, -0.05) is 24.8 Å². The summed E-state index contributed by atoms with van der Waals surface area (Å²) in [5.74, 6) is -0.402. The lowest BCUT2D eigenvalue weighted by Crippen LogP contribution is -2.14. The normalized spacial score (nSPS) is 11.1. The summed E-state index contributed by atoms with van der Waals surface area (Å²) in [5, 5.41) is 13.3. The molecule has 2 aromatic heterocycles. The Labute approximate surface area is 183 Å². The number of fused-ring (bicyclic) bond motifs is 3. The monoisotopic (exact) mass is 434 g/mol. The maximum atomic E-state index is 12.5. The van der Waals surface area contributed by atoms with E-state index in [2.05, 4.69) is 51.4 Å². The van der Waals surface area contributed by atoms with Crippen LogP contribution in [0.4, 0.5) is 5.69 Å². The van der Waals surface area contributed by atoms with Crippen LogP contribution in [0.1, 0.15) is 28.4 Å². The average molecular weight is 435 g/mol. The zero-order valence-corrected chi connectivity index (χ0v) is 18.3. The second kappa shape index (κ2) is 8.77. The predicted octanol–water partition coefficient (Wildman–Crippen LogP) is 4.27. The molecule has 0 saturated heterocycles. The Kier molecular flexibility index (Phi) is 5.90. The fourth-order valence-corrected chi connectivity index (χ4v) is 4.16. The van der Waals surface area contributed by atoms with Gasteiger partial charge in [0, 0.05) is 5.69 Å². The largest absolute Gasteiger partial charge is 0.465 e. The number of pyridine rings is 1. The molecular formula is C23H22N4O3S. The first kappa shape index (κ1) is 20.9. The maximum absolute atomic E-state index is 12.5. The molecule has 4 aromatic rings. The van der Waals surface area contributed by atoms with Crippen LogP contribution in [-0.2, 0) is 16.0 Å². The number of esters is 1. The Morgan fingerprint density at radius 1 is 1.10 bits per heavy atom. The van der Waals surface area contributed by atoms with Crippen LogP contribution in [0, 0.1) is 6.92 Å². The van der Waals surface area contributed by atoms with Crippen molar-refractivity contribution < 1.29 is 14.3 Å². The molecule has 2 aromatic carbocycles. The highest BCUT2D eigenvalue weighted by Crippen LogP contribution is 2.26. The number of ether oxygens (including phenoxy) is 1. The highest BCUT2D eigenvalue weighted by Gasteiger charge is 2.14. The minimum absolute atomic E-state index is 0.169. The molecule has 0 radical (unpaired) electrons. The smallest absolute Gasteiger partial charge is 0.337 e. The molecule has 0 unspecified atom stereocenters. The molecule has 0 aliphatic carbocycles. The second-order valence-corrected chi connectivity index (χ2v) is 8.06. The van der Waals surface area contributed by atoms with Gasteiger partial charge in [0.1, 0.15) is 0 Å². The molecule has 1 amide bonds. The lowest BCUT2D eigenvalue weighted by Gasteiger charge is -2.09. The standard InChI is InChI=1S/C23H22N4O3S/c1-4-15-5-10-19-17(12-15)11-14(2)21-25-26-23(27(19)21)31-13-20(28)24-18-8-6-16(7-9-18)22(29)30-3/h5-12H,4,13H2,1-3H3,(H,24,28). The fraction of sp³-hybridized carbons (Fsp3) is 0.217. The molecule has 2 heterocycles. The number of thioether (sulfide) groups is 1. The van der Waals surface area contributed by atoms with Crippen molar-refractivity contribution >= 4 is 45.9 Å². The van der Waals surface area contributed by atoms with Crippen molar-refractivity contribution in [2.45, 2.75) is 25.4 Å². The third kappa shape index (κ3) is 4.25. The van der Waals surface area contributed by atoms with Crippen molar-refractivity contribution in [1.82, 2.24) is 14.6 Å². The van der Waals surface area contributed by atoms with Gasteiger partial charge in [-0.05, 0) is 72.3 Å². The number of carbonyl (C=O) groups is 2. The number of benzene rings is 2. The summed E-state index contributed by atoms with van der Waals surface area (Å²) in [4.78, 5) is 24.0. The van der Waals surface area contributed by atoms with Gasteiger partial charge in [0.25, 0.3) is 0 Å². The molecule has 4 rings (SSSR count). The van der Waals surface area contributed by atoms with Crippen molar-refractivity contribution in [1.29, 1.82) is 0 Å². The maximum Gasteiger partial charge on any atom is 0.337 e. The summed E-state index contributed by atoms with van der Waals surface area (Å²) in [6, 6.07) is 15.1. The van der Waals surface area contributed by atoms with Gasteiger partial charge in [-0.2, -0.15) is 0 Å². The quantitative estimate of drug-likeness (QED) is 0.360. The predicted molar refractivity (Wildman–Crippen MR) is 122 cm³/mol. The number of hydrogen-bond acceptors (Lipinski definition) is 6. The lowest BCUT2D eigenvalue weighted by atomic mass is 10.1. The molecule has 0 aliphatic rings. The average Bonchev–Trinajstić information content (AvgIpc) is 3.22. The number of hydrogen-bond donors (Lipinski definition) is 1. The Balaban J connectivity index is 1.52. The van der Waals surface area contributed by atoms with E-state index in [1.807, 2.05) is 11.3 Å². The van der Waals surface area contributed by atoms with E-state index in [0.717, 1.165) is 28.5 Å². The van der Waals surface area contributed by atoms with Gasteiger partial charge in [0.15, 0.2) is 10.8 Å². The number of anilines is 1. The van der Waals surface area contributed by atoms with Crippen LogP contribution in [-0.4, -0.2) is 39.3 Å². The molecule has 158 valence electrons. The summed E-state index contributed by atoms with van der Waals surface area (Å²) in [6.07, 6.45) is 0.970. The topological polar surface area (TPSA) is 85.6 Å². The van der Waals surface area contributed by atoms with E-state index in [0.29, 0.717) is 16.4 Å². The first-order valence-corrected chi connectivity index (χ1v) is 10.9. The van der Waals surface area contributed by atoms with Gasteiger partial charge in [0.2, 0.25) is 5.91 Å². The molecule has 8 heteroatoms. The zero-order chi connectivity index (χ0) is 22.0. The van der Waals surface area contributed by atoms with Crippen molar-refractivity contribution in [3.8, 4) is 0 Å². The molecule has 0 spiro atoms. The summed E-state index contributed by atoms with van der Waals surface area (Å²) < 4.78 is 6.69. The third-order valence-electron chi connectivity index (χ3n) is 5.02. The first-order valence-electron chi connectivity index (χ1n) is 9.88. The number of nitrogens with one attached hydrogen (secondary N) is 1. The van der Waals surface area contributed by atoms with E-state index >= 15 is 0 Å². The highest BCUT2D eigenvalue weighted by atomic mass is 32.2. The Morgan fingerprint density at radius 3 is 2.58 bits per heavy atom. The molecule has 0 aliphatic heterocycles. The van der Waals surface area contributed by atoms with Crippen LogP contribution in [0.2, 0.25) is 0 Å². The summed E-state index contributed by atoms with van der Waals surface area (Å²) >= 11 is 1.33. The molecule has 7 nitrogen and oxygen atoms in total. The summed E-state index contributed by atoms with van der Waals surface area (Å²) in [5.41, 5.74) is 5.15. The van der Waals surface area contributed by atoms with E-state index in [9.17, 15) is 9.59 Å². The Hall–Kier alpha value is -3.39. The lowest BCUT2D eigenvalue weighted by molar-refractivity contribution is -0.113. The van der Waals surface area contributed by atoms with Gasteiger partial charge in [0.05, 0.1) is 23.9 Å². The van der Waals surface area contributed by atoms with Crippen LogP contribution in [0.5, 0.6) is 0 Å². The number of methoxy groups -OCH3 is 1. The molecule has 0 atom stereocenters. The molecule has 0 saturated carbocycles. The van der Waals surface area contributed by atoms with E-state index in [1.165, 1.54) is 24.4 Å². The Bertz CT molecular complexity index is 1280. The SMILES string of the molecule is CCc1ccc2c(c1)cc(C)c1nnc(SCC(=O)Nc3ccc(C(=O)OC)cc3)n12. The number of carbonyl (C=O) groups excluding carboxylic acids is 2. The van der Waals surface area contributed by atoms with Crippen molar-refractivity contribution in [3.63, 3.8) is 0 Å². The van der Waals surface area contributed by atoms with Gasteiger partial charge >= 0.3 is 5.97 Å². The van der Waals surface area contributed by atoms with E-state index in [4.69, 9.17) is 0 Å². The first-order chi connectivity index (χ1) is 15.0. The number of aryl methyl sites for hydroxylation is 2. The Morgan fingerprint density at radius 2 is 1.87 bits per heavy atom. The number of aromatic nitrogens is 3. The van der Waals surface area contributed by atoms with Gasteiger partial charge in [-0.3, -0.25) is 9.20 Å². The summed E-state index contributed by atoms with van der Waals surface area (Å²) in [6.45, 7) is 4.15. The van der Waals surface area contributed by atoms with Crippen molar-refractivity contribution in [2.24, 2.45) is 0 Å². The molecule has 31 heavy (non-hydrogen) atoms. The van der Waals surface area contributed by atoms with Gasteiger partial charge in [-0.15, -0.1) is 10.2 Å². The molecule has 0 bridgehead atoms. The minimum atomic E-state index is -0.416. The van der Waals surface area contributed by atoms with Crippen LogP contribution >= 0.6 is 11.8 Å². The van der Waals surface area contributed by atoms with E-state index in [1.54, 1.807) is 24.3 Å². The number of nitrogens with zero attached hydrogens (tertiary/aromatic N) is 3. The van der Waals surface area contributed by atoms with E-state index in [-0.39, 0.29) is 11.7 Å². The van der Waals surface area contributed by atoms with E-state index < -0.39 is 5.97 Å². The van der Waals surface area contributed by atoms with Gasteiger partial charge in [-0.25, -0.2) is 4.79 Å². The number of amides is 1. The molecule has 1 N–H and O–H groups in total. The summed E-state index contributed by atoms with van der Waals surface area (Å²) in [7, 11) is 1.33. The van der Waals surface area contributed by atoms with Crippen LogP contribution < -0.4 is 5.32 Å². The fourth-order valence-electron chi connectivity index (χ4n) is 3.41. The second-order valence-electron chi connectivity index (χ2n) is 7.12. The molecular weight excluding hydrogens is 412 g/mol. The van der Waals surface area contributed by atoms with Crippen molar-refractivity contribution in [3.05, 3.63) is 65.2 Å². The zero-order valence-electron chi connectivity index (χ0n) is 17.5. The molecule has 0 fully saturated rings. The highest BCUT2D eigenvalue weighted by molar-refractivity contribution is 7.99. The van der Waals surface area contributed by atoms with Crippen LogP contribution in [0.15, 0.2) is 53.7 Å². The minimum Gasteiger partial charge on any atom is -0.465 e. The third-order valence-corrected chi connectivity index (χ3v) is 5.95. The number of rotatable bonds is 6.